The summed E-state index contributed by atoms with van der Waals surface area (Å²) in [5.41, 5.74) is 1.04. The molecule has 0 radical (unpaired) electrons. The Kier molecular flexibility index (Phi) is 3.75. The van der Waals surface area contributed by atoms with Crippen molar-refractivity contribution < 1.29 is 19.1 Å². The minimum Gasteiger partial charge on any atom is -0.454 e. The molecule has 3 fully saturated rings. The molecule has 0 aromatic heterocycles. The molecule has 0 unspecified atom stereocenters. The Hall–Kier alpha value is -1.45. The molecule has 0 aliphatic heterocycles. The number of hydrogen-bond donors (Lipinski definition) is 0. The summed E-state index contributed by atoms with van der Waals surface area (Å²) in [5, 5.41) is 0. The molecule has 3 saturated carbocycles. The van der Waals surface area contributed by atoms with Crippen LogP contribution in [0.5, 0.6) is 0 Å². The van der Waals surface area contributed by atoms with Crippen LogP contribution >= 0.6 is 0 Å². The molecule has 0 saturated heterocycles. The molecule has 4 aliphatic carbocycles. The normalized spacial score (nSPS) is 46.0. The summed E-state index contributed by atoms with van der Waals surface area (Å²) in [6.07, 6.45) is 7.53. The quantitative estimate of drug-likeness (QED) is 0.682. The lowest BCUT2D eigenvalue weighted by Crippen LogP contribution is -2.52. The van der Waals surface area contributed by atoms with Crippen molar-refractivity contribution in [3.63, 3.8) is 0 Å². The van der Waals surface area contributed by atoms with Crippen molar-refractivity contribution in [3.8, 4) is 0 Å². The molecule has 4 aliphatic rings. The van der Waals surface area contributed by atoms with Crippen molar-refractivity contribution in [1.29, 1.82) is 0 Å². The number of ether oxygens (including phenoxy) is 1. The third kappa shape index (κ3) is 2.36. The predicted octanol–water partition coefficient (Wildman–Crippen LogP) is 3.63. The first-order valence-corrected chi connectivity index (χ1v) is 9.71. The smallest absolute Gasteiger partial charge is 0.303 e. The van der Waals surface area contributed by atoms with Gasteiger partial charge >= 0.3 is 5.97 Å². The number of esters is 1. The maximum atomic E-state index is 12.5. The highest BCUT2D eigenvalue weighted by molar-refractivity contribution is 5.96. The van der Waals surface area contributed by atoms with Gasteiger partial charge in [-0.25, -0.2) is 0 Å². The highest BCUT2D eigenvalue weighted by Crippen LogP contribution is 2.64. The van der Waals surface area contributed by atoms with Gasteiger partial charge in [0, 0.05) is 25.2 Å². The molecule has 0 aromatic carbocycles. The number of ketones is 2. The molecule has 0 aromatic rings. The lowest BCUT2D eigenvalue weighted by atomic mass is 9.47. The van der Waals surface area contributed by atoms with Gasteiger partial charge in [-0.2, -0.15) is 0 Å². The number of allylic oxidation sites excluding steroid dienone is 1. The fourth-order valence-electron chi connectivity index (χ4n) is 6.67. The van der Waals surface area contributed by atoms with E-state index in [1.165, 1.54) is 12.5 Å². The summed E-state index contributed by atoms with van der Waals surface area (Å²) in [6, 6.07) is 0. The van der Waals surface area contributed by atoms with Crippen molar-refractivity contribution in [3.05, 3.63) is 11.6 Å². The molecule has 0 N–H and O–H groups in total. The number of carbonyl (C=O) groups is 3. The van der Waals surface area contributed by atoms with Crippen LogP contribution in [0.4, 0.5) is 0 Å². The van der Waals surface area contributed by atoms with Crippen LogP contribution in [0.3, 0.4) is 0 Å². The molecule has 4 heteroatoms. The van der Waals surface area contributed by atoms with E-state index >= 15 is 0 Å². The molecular formula is C21H28O4. The van der Waals surface area contributed by atoms with E-state index < -0.39 is 6.10 Å². The zero-order valence-electron chi connectivity index (χ0n) is 15.5. The molecule has 6 atom stereocenters. The zero-order valence-corrected chi connectivity index (χ0v) is 15.5. The van der Waals surface area contributed by atoms with Crippen molar-refractivity contribution in [2.45, 2.75) is 71.8 Å². The number of rotatable bonds is 1. The number of hydrogen-bond acceptors (Lipinski definition) is 4. The molecule has 25 heavy (non-hydrogen) atoms. The van der Waals surface area contributed by atoms with E-state index in [2.05, 4.69) is 13.8 Å². The first-order valence-electron chi connectivity index (χ1n) is 9.71. The largest absolute Gasteiger partial charge is 0.454 e. The van der Waals surface area contributed by atoms with Crippen molar-refractivity contribution >= 4 is 17.5 Å². The summed E-state index contributed by atoms with van der Waals surface area (Å²) < 4.78 is 5.33. The van der Waals surface area contributed by atoms with Crippen LogP contribution in [0.15, 0.2) is 11.6 Å². The summed E-state index contributed by atoms with van der Waals surface area (Å²) in [4.78, 5) is 36.2. The van der Waals surface area contributed by atoms with Crippen molar-refractivity contribution in [2.75, 3.05) is 0 Å². The van der Waals surface area contributed by atoms with Gasteiger partial charge in [-0.3, -0.25) is 14.4 Å². The Morgan fingerprint density at radius 2 is 1.80 bits per heavy atom. The zero-order chi connectivity index (χ0) is 18.0. The van der Waals surface area contributed by atoms with E-state index in [0.717, 1.165) is 38.5 Å². The topological polar surface area (TPSA) is 60.4 Å². The Morgan fingerprint density at radius 1 is 1.08 bits per heavy atom. The first-order chi connectivity index (χ1) is 11.8. The second-order valence-corrected chi connectivity index (χ2v) is 9.13. The van der Waals surface area contributed by atoms with Crippen LogP contribution < -0.4 is 0 Å². The van der Waals surface area contributed by atoms with Crippen LogP contribution in [0, 0.1) is 28.6 Å². The number of fused-ring (bicyclic) bond motifs is 5. The van der Waals surface area contributed by atoms with Gasteiger partial charge in [-0.05, 0) is 61.3 Å². The molecule has 4 nitrogen and oxygen atoms in total. The molecule has 0 spiro atoms. The summed E-state index contributed by atoms with van der Waals surface area (Å²) in [6.45, 7) is 5.82. The van der Waals surface area contributed by atoms with Crippen LogP contribution in [0.1, 0.15) is 65.7 Å². The third-order valence-electron chi connectivity index (χ3n) is 8.00. The average molecular weight is 344 g/mol. The van der Waals surface area contributed by atoms with Gasteiger partial charge in [0.25, 0.3) is 0 Å². The van der Waals surface area contributed by atoms with Crippen molar-refractivity contribution in [2.24, 2.45) is 28.6 Å². The minimum absolute atomic E-state index is 0.0576. The van der Waals surface area contributed by atoms with Gasteiger partial charge in [0.15, 0.2) is 11.9 Å². The summed E-state index contributed by atoms with van der Waals surface area (Å²) >= 11 is 0. The average Bonchev–Trinajstić information content (AvgIpc) is 2.84. The molecule has 0 heterocycles. The number of Topliss-reactive ketones (excluding diaryl/α,β-unsaturated/α-hetero) is 1. The first kappa shape index (κ1) is 17.0. The maximum Gasteiger partial charge on any atom is 0.303 e. The van der Waals surface area contributed by atoms with Gasteiger partial charge in [0.2, 0.25) is 0 Å². The second-order valence-electron chi connectivity index (χ2n) is 9.13. The van der Waals surface area contributed by atoms with E-state index in [1.54, 1.807) is 6.08 Å². The van der Waals surface area contributed by atoms with Gasteiger partial charge in [-0.1, -0.05) is 19.4 Å². The van der Waals surface area contributed by atoms with E-state index in [0.29, 0.717) is 30.0 Å². The Labute approximate surface area is 149 Å². The number of carbonyl (C=O) groups excluding carboxylic acids is 3. The molecule has 4 rings (SSSR count). The van der Waals surface area contributed by atoms with Gasteiger partial charge in [-0.15, -0.1) is 0 Å². The summed E-state index contributed by atoms with van der Waals surface area (Å²) in [7, 11) is 0. The van der Waals surface area contributed by atoms with E-state index in [1.807, 2.05) is 0 Å². The lowest BCUT2D eigenvalue weighted by molar-refractivity contribution is -0.156. The van der Waals surface area contributed by atoms with Crippen LogP contribution in [0.2, 0.25) is 0 Å². The highest BCUT2D eigenvalue weighted by Gasteiger charge is 2.59. The molecular weight excluding hydrogens is 316 g/mol. The lowest BCUT2D eigenvalue weighted by Gasteiger charge is -2.57. The monoisotopic (exact) mass is 344 g/mol. The third-order valence-corrected chi connectivity index (χ3v) is 8.00. The van der Waals surface area contributed by atoms with Crippen LogP contribution in [-0.2, 0) is 19.1 Å². The minimum atomic E-state index is -0.636. The highest BCUT2D eigenvalue weighted by atomic mass is 16.5. The Bertz CT molecular complexity index is 677. The Morgan fingerprint density at radius 3 is 2.52 bits per heavy atom. The molecule has 136 valence electrons. The van der Waals surface area contributed by atoms with Gasteiger partial charge in [0.1, 0.15) is 5.78 Å². The van der Waals surface area contributed by atoms with Gasteiger partial charge < -0.3 is 4.74 Å². The van der Waals surface area contributed by atoms with Crippen LogP contribution in [0.25, 0.3) is 0 Å². The Balaban J connectivity index is 1.66. The summed E-state index contributed by atoms with van der Waals surface area (Å²) in [5.74, 6) is 1.55. The van der Waals surface area contributed by atoms with E-state index in [9.17, 15) is 14.4 Å². The van der Waals surface area contributed by atoms with E-state index in [-0.39, 0.29) is 22.6 Å². The fourth-order valence-corrected chi connectivity index (χ4v) is 6.67. The van der Waals surface area contributed by atoms with Crippen LogP contribution in [-0.4, -0.2) is 23.6 Å². The van der Waals surface area contributed by atoms with Gasteiger partial charge in [0.05, 0.1) is 0 Å². The van der Waals surface area contributed by atoms with E-state index in [4.69, 9.17) is 4.74 Å². The molecule has 0 bridgehead atoms. The fraction of sp³-hybridized carbons (Fsp3) is 0.762. The SMILES string of the molecule is CC(=O)O[C@@H]1C[C@]2(C)C(=CC1=O)CC[C@@H]1[C@@H]3CCC(=O)[C@]3(C)CC[C@@H]12. The maximum absolute atomic E-state index is 12.5. The van der Waals surface area contributed by atoms with Crippen molar-refractivity contribution in [1.82, 2.24) is 0 Å². The predicted molar refractivity (Wildman–Crippen MR) is 92.7 cm³/mol. The molecule has 0 amide bonds. The standard InChI is InChI=1S/C21H28O4/c1-12(22)25-18-11-21(3)13(10-17(18)23)4-5-14-15-6-7-19(24)20(15,2)9-8-16(14)21/h10,14-16,18H,4-9,11H2,1-3H3/t14-,15+,16+,18-,20-,21-/m1/s1. The second kappa shape index (κ2) is 5.52.